The summed E-state index contributed by atoms with van der Waals surface area (Å²) in [5.74, 6) is -1.73. The first-order valence-electron chi connectivity index (χ1n) is 8.55. The molecule has 1 fully saturated rings. The van der Waals surface area contributed by atoms with Crippen LogP contribution in [0, 0.1) is 6.92 Å². The number of urea groups is 1. The third kappa shape index (κ3) is 3.48. The number of carbonyl (C=O) groups is 3. The van der Waals surface area contributed by atoms with Gasteiger partial charge in [-0.05, 0) is 43.2 Å². The Balaban J connectivity index is 1.76. The molecule has 1 aromatic carbocycles. The molecule has 27 heavy (non-hydrogen) atoms. The number of anilines is 1. The first-order chi connectivity index (χ1) is 12.8. The molecule has 7 nitrogen and oxygen atoms in total. The van der Waals surface area contributed by atoms with Gasteiger partial charge in [0.25, 0.3) is 11.8 Å². The molecule has 1 aromatic rings. The summed E-state index contributed by atoms with van der Waals surface area (Å²) >= 11 is 0. The smallest absolute Gasteiger partial charge is 0.333 e. The predicted octanol–water partition coefficient (Wildman–Crippen LogP) is 2.29. The lowest BCUT2D eigenvalue weighted by atomic mass is 10.1. The van der Waals surface area contributed by atoms with Gasteiger partial charge in [-0.15, -0.1) is 0 Å². The normalized spacial score (nSPS) is 18.0. The van der Waals surface area contributed by atoms with Crippen molar-refractivity contribution in [2.45, 2.75) is 13.3 Å². The zero-order chi connectivity index (χ0) is 19.7. The average Bonchev–Trinajstić information content (AvgIpc) is 3.04. The number of allylic oxidation sites excluding steroid dienone is 3. The van der Waals surface area contributed by atoms with Crippen molar-refractivity contribution >= 4 is 23.5 Å². The van der Waals surface area contributed by atoms with Crippen molar-refractivity contribution in [3.05, 3.63) is 65.1 Å². The van der Waals surface area contributed by atoms with Gasteiger partial charge in [-0.1, -0.05) is 17.7 Å². The van der Waals surface area contributed by atoms with E-state index in [2.05, 4.69) is 30.0 Å². The molecule has 3 rings (SSSR count). The summed E-state index contributed by atoms with van der Waals surface area (Å²) in [7, 11) is 2.57. The van der Waals surface area contributed by atoms with E-state index in [1.165, 1.54) is 31.3 Å². The number of aliphatic hydroxyl groups excluding tert-OH is 1. The molecule has 2 aliphatic heterocycles. The first kappa shape index (κ1) is 18.4. The maximum Gasteiger partial charge on any atom is 0.333 e. The highest BCUT2D eigenvalue weighted by Gasteiger charge is 2.37. The van der Waals surface area contributed by atoms with Crippen LogP contribution in [0.2, 0.25) is 0 Å². The van der Waals surface area contributed by atoms with Crippen molar-refractivity contribution in [1.29, 1.82) is 0 Å². The van der Waals surface area contributed by atoms with Crippen LogP contribution in [0.4, 0.5) is 10.5 Å². The minimum atomic E-state index is -0.740. The van der Waals surface area contributed by atoms with E-state index in [1.807, 2.05) is 6.20 Å². The number of likely N-dealkylation sites (N-methyl/N-ethyl adjacent to an activating group) is 2. The number of rotatable bonds is 3. The molecule has 0 atom stereocenters. The number of benzene rings is 1. The van der Waals surface area contributed by atoms with E-state index in [0.717, 1.165) is 34.5 Å². The van der Waals surface area contributed by atoms with Gasteiger partial charge in [0.2, 0.25) is 0 Å². The van der Waals surface area contributed by atoms with E-state index in [9.17, 15) is 19.5 Å². The van der Waals surface area contributed by atoms with Crippen molar-refractivity contribution in [2.24, 2.45) is 0 Å². The van der Waals surface area contributed by atoms with Crippen LogP contribution in [0.3, 0.4) is 0 Å². The molecule has 2 aliphatic rings. The summed E-state index contributed by atoms with van der Waals surface area (Å²) in [6.07, 6.45) is 6.92. The zero-order valence-electron chi connectivity index (χ0n) is 15.5. The van der Waals surface area contributed by atoms with Gasteiger partial charge >= 0.3 is 6.03 Å². The highest BCUT2D eigenvalue weighted by Crippen LogP contribution is 2.28. The fourth-order valence-corrected chi connectivity index (χ4v) is 3.13. The summed E-state index contributed by atoms with van der Waals surface area (Å²) in [5, 5.41) is 10.1. The van der Waals surface area contributed by atoms with Crippen LogP contribution in [0.1, 0.15) is 11.1 Å². The summed E-state index contributed by atoms with van der Waals surface area (Å²) < 4.78 is 0. The molecule has 7 heteroatoms. The number of imide groups is 2. The van der Waals surface area contributed by atoms with Crippen LogP contribution in [-0.2, 0) is 16.0 Å². The topological polar surface area (TPSA) is 81.2 Å². The third-order valence-electron chi connectivity index (χ3n) is 4.64. The van der Waals surface area contributed by atoms with Crippen LogP contribution < -0.4 is 4.90 Å². The molecular formula is C20H21N3O4. The fraction of sp³-hybridized carbons (Fsp3) is 0.250. The number of amides is 4. The lowest BCUT2D eigenvalue weighted by Crippen LogP contribution is -2.53. The summed E-state index contributed by atoms with van der Waals surface area (Å²) in [6.45, 7) is 2.91. The second kappa shape index (κ2) is 7.11. The van der Waals surface area contributed by atoms with E-state index in [-0.39, 0.29) is 11.3 Å². The Kier molecular flexibility index (Phi) is 4.85. The molecular weight excluding hydrogens is 346 g/mol. The highest BCUT2D eigenvalue weighted by molar-refractivity contribution is 6.28. The number of fused-ring (bicyclic) bond motifs is 1. The van der Waals surface area contributed by atoms with Gasteiger partial charge in [0.1, 0.15) is 11.3 Å². The largest absolute Gasteiger partial charge is 0.508 e. The molecule has 0 saturated carbocycles. The number of hydrogen-bond donors (Lipinski definition) is 1. The molecule has 4 amide bonds. The molecule has 1 N–H and O–H groups in total. The Hall–Kier alpha value is -3.35. The van der Waals surface area contributed by atoms with E-state index in [0.29, 0.717) is 0 Å². The Morgan fingerprint density at radius 2 is 1.78 bits per heavy atom. The second-order valence-corrected chi connectivity index (χ2v) is 6.58. The number of aliphatic hydroxyl groups is 1. The lowest BCUT2D eigenvalue weighted by Gasteiger charge is -2.28. The van der Waals surface area contributed by atoms with Crippen LogP contribution in [0.5, 0.6) is 0 Å². The van der Waals surface area contributed by atoms with Gasteiger partial charge in [-0.2, -0.15) is 0 Å². The van der Waals surface area contributed by atoms with Gasteiger partial charge < -0.3 is 10.0 Å². The summed E-state index contributed by atoms with van der Waals surface area (Å²) in [5.41, 5.74) is 3.37. The number of nitrogens with zero attached hydrogens (tertiary/aromatic N) is 3. The van der Waals surface area contributed by atoms with Gasteiger partial charge in [0.05, 0.1) is 0 Å². The van der Waals surface area contributed by atoms with E-state index in [1.54, 1.807) is 6.08 Å². The monoisotopic (exact) mass is 367 g/mol. The van der Waals surface area contributed by atoms with Crippen molar-refractivity contribution in [3.63, 3.8) is 0 Å². The number of carbonyl (C=O) groups excluding carboxylic acids is 3. The van der Waals surface area contributed by atoms with Crippen molar-refractivity contribution in [2.75, 3.05) is 25.5 Å². The van der Waals surface area contributed by atoms with E-state index < -0.39 is 17.8 Å². The molecule has 2 heterocycles. The number of hydrogen-bond acceptors (Lipinski definition) is 5. The number of aryl methyl sites for hydroxylation is 1. The SMILES string of the molecule is Cc1ccc2c(c1)CCN2/C=C/C=C(\O)C=C1C(=O)N(C)C(=O)N(C)C1=O. The second-order valence-electron chi connectivity index (χ2n) is 6.58. The molecule has 0 aromatic heterocycles. The van der Waals surface area contributed by atoms with Gasteiger partial charge in [0, 0.05) is 32.5 Å². The van der Waals surface area contributed by atoms with Crippen LogP contribution in [0.25, 0.3) is 0 Å². The predicted molar refractivity (Wildman–Crippen MR) is 101 cm³/mol. The Morgan fingerprint density at radius 1 is 1.11 bits per heavy atom. The molecule has 0 spiro atoms. The third-order valence-corrected chi connectivity index (χ3v) is 4.64. The highest BCUT2D eigenvalue weighted by atomic mass is 16.3. The fourth-order valence-electron chi connectivity index (χ4n) is 3.13. The quantitative estimate of drug-likeness (QED) is 0.384. The maximum atomic E-state index is 12.1. The lowest BCUT2D eigenvalue weighted by molar-refractivity contribution is -0.134. The minimum absolute atomic E-state index is 0.248. The van der Waals surface area contributed by atoms with Crippen molar-refractivity contribution in [3.8, 4) is 0 Å². The average molecular weight is 367 g/mol. The maximum absolute atomic E-state index is 12.1. The Morgan fingerprint density at radius 3 is 2.44 bits per heavy atom. The Labute approximate surface area is 157 Å². The van der Waals surface area contributed by atoms with Crippen LogP contribution in [-0.4, -0.2) is 53.4 Å². The zero-order valence-corrected chi connectivity index (χ0v) is 15.5. The molecule has 0 radical (unpaired) electrons. The van der Waals surface area contributed by atoms with Gasteiger partial charge in [0.15, 0.2) is 0 Å². The van der Waals surface area contributed by atoms with Gasteiger partial charge in [-0.25, -0.2) is 4.79 Å². The van der Waals surface area contributed by atoms with E-state index >= 15 is 0 Å². The van der Waals surface area contributed by atoms with Crippen LogP contribution >= 0.6 is 0 Å². The molecule has 140 valence electrons. The first-order valence-corrected chi connectivity index (χ1v) is 8.55. The molecule has 0 aliphatic carbocycles. The van der Waals surface area contributed by atoms with E-state index in [4.69, 9.17) is 0 Å². The van der Waals surface area contributed by atoms with Crippen molar-refractivity contribution in [1.82, 2.24) is 9.80 Å². The molecule has 1 saturated heterocycles. The minimum Gasteiger partial charge on any atom is -0.508 e. The van der Waals surface area contributed by atoms with Gasteiger partial charge in [-0.3, -0.25) is 19.4 Å². The van der Waals surface area contributed by atoms with Crippen molar-refractivity contribution < 1.29 is 19.5 Å². The molecule has 0 unspecified atom stereocenters. The standard InChI is InChI=1S/C20H21N3O4/c1-13-6-7-17-14(11-13)8-10-23(17)9-4-5-15(24)12-16-18(25)21(2)20(27)22(3)19(16)26/h4-7,9,11-12,24H,8,10H2,1-3H3/b9-4+,15-5-. The molecule has 0 bridgehead atoms. The van der Waals surface area contributed by atoms with Crippen LogP contribution in [0.15, 0.2) is 54.0 Å². The Bertz CT molecular complexity index is 888. The summed E-state index contributed by atoms with van der Waals surface area (Å²) in [6, 6.07) is 5.58. The number of barbiturate groups is 1. The summed E-state index contributed by atoms with van der Waals surface area (Å²) in [4.78, 5) is 39.6.